The molecule has 0 aliphatic heterocycles. The van der Waals surface area contributed by atoms with E-state index >= 15 is 0 Å². The first kappa shape index (κ1) is 7.85. The Hall–Kier alpha value is -1.78. The molecule has 0 aliphatic rings. The highest BCUT2D eigenvalue weighted by molar-refractivity contribution is 4.99. The molecule has 0 radical (unpaired) electrons. The fourth-order valence-corrected chi connectivity index (χ4v) is 1.04. The van der Waals surface area contributed by atoms with Gasteiger partial charge in [-0.25, -0.2) is 14.6 Å². The van der Waals surface area contributed by atoms with Crippen molar-refractivity contribution in [2.45, 2.75) is 13.5 Å². The molecule has 0 bridgehead atoms. The predicted octanol–water partition coefficient (Wildman–Crippen LogP) is 0.425. The van der Waals surface area contributed by atoms with Gasteiger partial charge < -0.3 is 0 Å². The maximum absolute atomic E-state index is 4.25. The number of hydrogen-bond donors (Lipinski definition) is 0. The van der Waals surface area contributed by atoms with Crippen molar-refractivity contribution in [1.29, 1.82) is 0 Å². The molecule has 2 aromatic rings. The van der Waals surface area contributed by atoms with Gasteiger partial charge in [0.15, 0.2) is 0 Å². The maximum Gasteiger partial charge on any atom is 0.150 e. The summed E-state index contributed by atoms with van der Waals surface area (Å²) >= 11 is 0. The van der Waals surface area contributed by atoms with Gasteiger partial charge in [-0.3, -0.25) is 0 Å². The van der Waals surface area contributed by atoms with Crippen LogP contribution in [0, 0.1) is 6.92 Å². The van der Waals surface area contributed by atoms with Crippen LogP contribution in [0.5, 0.6) is 0 Å². The lowest BCUT2D eigenvalue weighted by Crippen LogP contribution is -2.05. The van der Waals surface area contributed by atoms with Gasteiger partial charge in [-0.2, -0.15) is 0 Å². The van der Waals surface area contributed by atoms with Crippen molar-refractivity contribution in [3.63, 3.8) is 0 Å². The molecule has 0 fully saturated rings. The molecule has 66 valence electrons. The van der Waals surface area contributed by atoms with E-state index in [1.165, 1.54) is 0 Å². The zero-order valence-corrected chi connectivity index (χ0v) is 7.25. The van der Waals surface area contributed by atoms with E-state index in [-0.39, 0.29) is 0 Å². The second-order valence-electron chi connectivity index (χ2n) is 2.71. The summed E-state index contributed by atoms with van der Waals surface area (Å²) in [4.78, 5) is 8.36. The average molecular weight is 175 g/mol. The molecule has 0 aromatic carbocycles. The third-order valence-electron chi connectivity index (χ3n) is 1.62. The van der Waals surface area contributed by atoms with E-state index in [4.69, 9.17) is 0 Å². The zero-order valence-electron chi connectivity index (χ0n) is 7.25. The minimum absolute atomic E-state index is 0.571. The maximum atomic E-state index is 4.25. The first-order valence-corrected chi connectivity index (χ1v) is 3.97. The number of aryl methyl sites for hydroxylation is 1. The first-order chi connectivity index (χ1) is 6.34. The van der Waals surface area contributed by atoms with Crippen molar-refractivity contribution in [2.24, 2.45) is 0 Å². The lowest BCUT2D eigenvalue weighted by atomic mass is 10.4. The van der Waals surface area contributed by atoms with E-state index in [1.54, 1.807) is 23.3 Å². The highest BCUT2D eigenvalue weighted by Crippen LogP contribution is 1.95. The fraction of sp³-hybridized carbons (Fsp3) is 0.250. The van der Waals surface area contributed by atoms with Crippen molar-refractivity contribution in [2.75, 3.05) is 0 Å². The van der Waals surface area contributed by atoms with E-state index in [9.17, 15) is 0 Å². The molecule has 2 heterocycles. The van der Waals surface area contributed by atoms with Gasteiger partial charge in [-0.15, -0.1) is 5.10 Å². The van der Waals surface area contributed by atoms with Gasteiger partial charge in [0.2, 0.25) is 0 Å². The van der Waals surface area contributed by atoms with Crippen molar-refractivity contribution in [3.8, 4) is 0 Å². The van der Waals surface area contributed by atoms with Crippen LogP contribution in [0.15, 0.2) is 24.7 Å². The van der Waals surface area contributed by atoms with Crippen LogP contribution in [0.4, 0.5) is 0 Å². The topological polar surface area (TPSA) is 56.5 Å². The summed E-state index contributed by atoms with van der Waals surface area (Å²) in [7, 11) is 0. The van der Waals surface area contributed by atoms with Gasteiger partial charge in [-0.1, -0.05) is 5.21 Å². The Balaban J connectivity index is 2.19. The molecule has 2 aromatic heterocycles. The second-order valence-corrected chi connectivity index (χ2v) is 2.71. The Morgan fingerprint density at radius 2 is 2.31 bits per heavy atom. The van der Waals surface area contributed by atoms with E-state index in [1.807, 2.05) is 13.0 Å². The summed E-state index contributed by atoms with van der Waals surface area (Å²) in [5.74, 6) is 0.755. The Morgan fingerprint density at radius 1 is 1.38 bits per heavy atom. The summed E-state index contributed by atoms with van der Waals surface area (Å²) in [6.07, 6.45) is 5.16. The molecule has 5 nitrogen and oxygen atoms in total. The highest BCUT2D eigenvalue weighted by Gasteiger charge is 1.97. The lowest BCUT2D eigenvalue weighted by Gasteiger charge is -1.99. The van der Waals surface area contributed by atoms with Crippen LogP contribution in [0.25, 0.3) is 0 Å². The van der Waals surface area contributed by atoms with Gasteiger partial charge in [-0.05, 0) is 13.0 Å². The van der Waals surface area contributed by atoms with E-state index < -0.39 is 0 Å². The van der Waals surface area contributed by atoms with Gasteiger partial charge in [0.1, 0.15) is 12.4 Å². The van der Waals surface area contributed by atoms with Gasteiger partial charge >= 0.3 is 0 Å². The summed E-state index contributed by atoms with van der Waals surface area (Å²) in [5, 5.41) is 7.53. The highest BCUT2D eigenvalue weighted by atomic mass is 15.4. The predicted molar refractivity (Wildman–Crippen MR) is 45.9 cm³/mol. The minimum atomic E-state index is 0.571. The molecule has 5 heteroatoms. The lowest BCUT2D eigenvalue weighted by molar-refractivity contribution is 0.623. The molecule has 0 spiro atoms. The monoisotopic (exact) mass is 175 g/mol. The SMILES string of the molecule is Cc1ccnc(Cn2ccnn2)n1. The van der Waals surface area contributed by atoms with Crippen molar-refractivity contribution in [1.82, 2.24) is 25.0 Å². The summed E-state index contributed by atoms with van der Waals surface area (Å²) in [6.45, 7) is 2.51. The van der Waals surface area contributed by atoms with Crippen LogP contribution in [0.3, 0.4) is 0 Å². The summed E-state index contributed by atoms with van der Waals surface area (Å²) in [6, 6.07) is 1.87. The molecule has 2 rings (SSSR count). The molecule has 0 saturated heterocycles. The van der Waals surface area contributed by atoms with E-state index in [0.29, 0.717) is 6.54 Å². The standard InChI is InChI=1S/C8H9N5/c1-7-2-3-9-8(11-7)6-13-5-4-10-12-13/h2-5H,6H2,1H3. The second kappa shape index (κ2) is 3.30. The van der Waals surface area contributed by atoms with Crippen molar-refractivity contribution >= 4 is 0 Å². The summed E-state index contributed by atoms with van der Waals surface area (Å²) in [5.41, 5.74) is 0.963. The third-order valence-corrected chi connectivity index (χ3v) is 1.62. The van der Waals surface area contributed by atoms with Crippen LogP contribution in [-0.4, -0.2) is 25.0 Å². The average Bonchev–Trinajstić information content (AvgIpc) is 2.57. The molecule has 0 N–H and O–H groups in total. The Morgan fingerprint density at radius 3 is 3.00 bits per heavy atom. The molecular formula is C8H9N5. The molecule has 0 amide bonds. The number of aromatic nitrogens is 5. The number of hydrogen-bond acceptors (Lipinski definition) is 4. The first-order valence-electron chi connectivity index (χ1n) is 3.97. The van der Waals surface area contributed by atoms with E-state index in [0.717, 1.165) is 11.5 Å². The summed E-state index contributed by atoms with van der Waals surface area (Å²) < 4.78 is 1.69. The quantitative estimate of drug-likeness (QED) is 0.664. The fourth-order valence-electron chi connectivity index (χ4n) is 1.04. The van der Waals surface area contributed by atoms with Crippen LogP contribution < -0.4 is 0 Å². The number of rotatable bonds is 2. The molecule has 13 heavy (non-hydrogen) atoms. The minimum Gasteiger partial charge on any atom is -0.245 e. The van der Waals surface area contributed by atoms with Gasteiger partial charge in [0.05, 0.1) is 6.20 Å². The molecule has 0 unspecified atom stereocenters. The number of nitrogens with zero attached hydrogens (tertiary/aromatic N) is 5. The normalized spacial score (nSPS) is 10.2. The van der Waals surface area contributed by atoms with E-state index in [2.05, 4.69) is 20.3 Å². The Bertz CT molecular complexity index is 381. The van der Waals surface area contributed by atoms with Crippen LogP contribution in [0.2, 0.25) is 0 Å². The molecule has 0 aliphatic carbocycles. The molecule has 0 saturated carbocycles. The molecular weight excluding hydrogens is 166 g/mol. The zero-order chi connectivity index (χ0) is 9.10. The largest absolute Gasteiger partial charge is 0.245 e. The molecule has 0 atom stereocenters. The van der Waals surface area contributed by atoms with Gasteiger partial charge in [0, 0.05) is 18.1 Å². The van der Waals surface area contributed by atoms with Crippen LogP contribution in [-0.2, 0) is 6.54 Å². The Kier molecular flexibility index (Phi) is 1.99. The van der Waals surface area contributed by atoms with Crippen LogP contribution in [0.1, 0.15) is 11.5 Å². The van der Waals surface area contributed by atoms with Gasteiger partial charge in [0.25, 0.3) is 0 Å². The smallest absolute Gasteiger partial charge is 0.150 e. The third kappa shape index (κ3) is 1.87. The van der Waals surface area contributed by atoms with Crippen LogP contribution >= 0.6 is 0 Å². The Labute approximate surface area is 75.5 Å². The van der Waals surface area contributed by atoms with Crippen molar-refractivity contribution < 1.29 is 0 Å². The van der Waals surface area contributed by atoms with Crippen molar-refractivity contribution in [3.05, 3.63) is 36.2 Å².